The van der Waals surface area contributed by atoms with Crippen molar-refractivity contribution in [2.75, 3.05) is 6.61 Å². The molecule has 124 valence electrons. The molecule has 0 heterocycles. The first-order valence-electron chi connectivity index (χ1n) is 6.22. The lowest BCUT2D eigenvalue weighted by Crippen LogP contribution is -2.63. The monoisotopic (exact) mass is 318 g/mol. The molecule has 0 bridgehead atoms. The van der Waals surface area contributed by atoms with Crippen LogP contribution in [-0.4, -0.2) is 63.9 Å². The highest BCUT2D eigenvalue weighted by atomic mass is 16.6. The Morgan fingerprint density at radius 3 is 1.68 bits per heavy atom. The SMILES string of the molecule is CC(=O)O[C@H](CO)[C@H](OC(C)=O)[C@](O)(C(C)=O)C(=O)C(C)=O. The number of esters is 2. The van der Waals surface area contributed by atoms with E-state index in [1.165, 1.54) is 0 Å². The molecule has 0 aromatic carbocycles. The Kier molecular flexibility index (Phi) is 7.01. The van der Waals surface area contributed by atoms with E-state index in [-0.39, 0.29) is 0 Å². The van der Waals surface area contributed by atoms with Gasteiger partial charge < -0.3 is 19.7 Å². The molecular weight excluding hydrogens is 300 g/mol. The van der Waals surface area contributed by atoms with Gasteiger partial charge in [0.2, 0.25) is 11.4 Å². The van der Waals surface area contributed by atoms with Crippen molar-refractivity contribution in [2.45, 2.75) is 45.5 Å². The smallest absolute Gasteiger partial charge is 0.303 e. The van der Waals surface area contributed by atoms with Gasteiger partial charge >= 0.3 is 11.9 Å². The number of Topliss-reactive ketones (excluding diaryl/α,β-unsaturated/α-hetero) is 3. The molecule has 0 aliphatic rings. The predicted octanol–water partition coefficient (Wildman–Crippen LogP) is -1.68. The second-order valence-corrected chi connectivity index (χ2v) is 4.57. The van der Waals surface area contributed by atoms with Crippen LogP contribution in [0.3, 0.4) is 0 Å². The topological polar surface area (TPSA) is 144 Å². The van der Waals surface area contributed by atoms with Gasteiger partial charge in [-0.2, -0.15) is 0 Å². The third kappa shape index (κ3) is 4.43. The average Bonchev–Trinajstić information content (AvgIpc) is 2.39. The summed E-state index contributed by atoms with van der Waals surface area (Å²) in [6.45, 7) is 2.51. The summed E-state index contributed by atoms with van der Waals surface area (Å²) in [5, 5.41) is 19.6. The summed E-state index contributed by atoms with van der Waals surface area (Å²) >= 11 is 0. The van der Waals surface area contributed by atoms with Crippen molar-refractivity contribution in [1.29, 1.82) is 0 Å². The molecule has 0 fully saturated rings. The van der Waals surface area contributed by atoms with Gasteiger partial charge in [0.25, 0.3) is 0 Å². The zero-order chi connectivity index (χ0) is 17.7. The minimum atomic E-state index is -3.07. The van der Waals surface area contributed by atoms with Crippen LogP contribution in [-0.2, 0) is 33.4 Å². The van der Waals surface area contributed by atoms with Crippen LogP contribution in [0.1, 0.15) is 27.7 Å². The van der Waals surface area contributed by atoms with E-state index < -0.39 is 53.7 Å². The summed E-state index contributed by atoms with van der Waals surface area (Å²) in [6.07, 6.45) is -3.77. The van der Waals surface area contributed by atoms with Crippen molar-refractivity contribution in [3.63, 3.8) is 0 Å². The van der Waals surface area contributed by atoms with Gasteiger partial charge in [-0.25, -0.2) is 0 Å². The minimum Gasteiger partial charge on any atom is -0.456 e. The van der Waals surface area contributed by atoms with E-state index in [0.29, 0.717) is 0 Å². The number of aliphatic hydroxyl groups excluding tert-OH is 1. The third-order valence-corrected chi connectivity index (χ3v) is 2.74. The van der Waals surface area contributed by atoms with Gasteiger partial charge in [0.05, 0.1) is 6.61 Å². The van der Waals surface area contributed by atoms with E-state index in [2.05, 4.69) is 9.47 Å². The Balaban J connectivity index is 6.02. The lowest BCUT2D eigenvalue weighted by Gasteiger charge is -2.35. The number of rotatable bonds is 8. The first kappa shape index (κ1) is 19.9. The molecule has 0 aliphatic heterocycles. The van der Waals surface area contributed by atoms with Crippen LogP contribution in [0, 0.1) is 0 Å². The van der Waals surface area contributed by atoms with Crippen LogP contribution < -0.4 is 0 Å². The largest absolute Gasteiger partial charge is 0.456 e. The van der Waals surface area contributed by atoms with Gasteiger partial charge in [-0.05, 0) is 6.92 Å². The molecule has 0 aromatic rings. The van der Waals surface area contributed by atoms with E-state index in [1.54, 1.807) is 0 Å². The van der Waals surface area contributed by atoms with Crippen molar-refractivity contribution in [1.82, 2.24) is 0 Å². The Labute approximate surface area is 126 Å². The van der Waals surface area contributed by atoms with Gasteiger partial charge in [0.1, 0.15) is 0 Å². The van der Waals surface area contributed by atoms with Gasteiger partial charge in [0.15, 0.2) is 23.8 Å². The van der Waals surface area contributed by atoms with E-state index in [4.69, 9.17) is 0 Å². The number of ketones is 3. The first-order chi connectivity index (χ1) is 9.98. The number of carbonyl (C=O) groups is 5. The maximum Gasteiger partial charge on any atom is 0.303 e. The summed E-state index contributed by atoms with van der Waals surface area (Å²) < 4.78 is 9.33. The third-order valence-electron chi connectivity index (χ3n) is 2.74. The molecule has 0 saturated carbocycles. The molecule has 9 heteroatoms. The standard InChI is InChI=1S/C13H18O9/c1-6(15)11(19)13(20,7(2)16)12(22-9(4)18)10(5-14)21-8(3)17/h10,12,14,20H,5H2,1-4H3/t10-,12+,13+/m1/s1. The maximum atomic E-state index is 11.9. The maximum absolute atomic E-state index is 11.9. The average molecular weight is 318 g/mol. The predicted molar refractivity (Wildman–Crippen MR) is 69.5 cm³/mol. The fraction of sp³-hybridized carbons (Fsp3) is 0.615. The molecule has 22 heavy (non-hydrogen) atoms. The lowest BCUT2D eigenvalue weighted by atomic mass is 9.83. The number of aliphatic hydroxyl groups is 2. The number of hydrogen-bond donors (Lipinski definition) is 2. The van der Waals surface area contributed by atoms with Crippen LogP contribution in [0.2, 0.25) is 0 Å². The minimum absolute atomic E-state index is 0.791. The van der Waals surface area contributed by atoms with Crippen molar-refractivity contribution < 1.29 is 43.7 Å². The molecule has 0 aromatic heterocycles. The van der Waals surface area contributed by atoms with Gasteiger partial charge in [-0.1, -0.05) is 0 Å². The van der Waals surface area contributed by atoms with Crippen LogP contribution in [0.25, 0.3) is 0 Å². The molecule has 3 atom stereocenters. The van der Waals surface area contributed by atoms with Crippen molar-refractivity contribution >= 4 is 29.3 Å². The Hall–Kier alpha value is -2.13. The van der Waals surface area contributed by atoms with E-state index >= 15 is 0 Å². The summed E-state index contributed by atoms with van der Waals surface area (Å²) in [5.74, 6) is -5.86. The molecule has 0 amide bonds. The molecule has 0 rings (SSSR count). The fourth-order valence-corrected chi connectivity index (χ4v) is 1.77. The Bertz CT molecular complexity index is 496. The summed E-state index contributed by atoms with van der Waals surface area (Å²) in [6, 6.07) is 0. The van der Waals surface area contributed by atoms with E-state index in [1.807, 2.05) is 0 Å². The quantitative estimate of drug-likeness (QED) is 0.304. The first-order valence-corrected chi connectivity index (χ1v) is 6.22. The van der Waals surface area contributed by atoms with Crippen molar-refractivity contribution in [3.05, 3.63) is 0 Å². The second-order valence-electron chi connectivity index (χ2n) is 4.57. The van der Waals surface area contributed by atoms with Crippen LogP contribution in [0.4, 0.5) is 0 Å². The van der Waals surface area contributed by atoms with Crippen LogP contribution in [0.15, 0.2) is 0 Å². The second kappa shape index (κ2) is 7.76. The van der Waals surface area contributed by atoms with Crippen LogP contribution >= 0.6 is 0 Å². The molecule has 0 saturated heterocycles. The highest BCUT2D eigenvalue weighted by Crippen LogP contribution is 2.23. The molecule has 9 nitrogen and oxygen atoms in total. The number of carbonyl (C=O) groups excluding carboxylic acids is 5. The molecule has 0 spiro atoms. The molecule has 0 aliphatic carbocycles. The van der Waals surface area contributed by atoms with Crippen LogP contribution in [0.5, 0.6) is 0 Å². The number of ether oxygens (including phenoxy) is 2. The molecule has 2 N–H and O–H groups in total. The normalized spacial score (nSPS) is 15.9. The lowest BCUT2D eigenvalue weighted by molar-refractivity contribution is -0.197. The van der Waals surface area contributed by atoms with E-state index in [0.717, 1.165) is 27.7 Å². The zero-order valence-electron chi connectivity index (χ0n) is 12.6. The number of hydrogen-bond acceptors (Lipinski definition) is 9. The highest BCUT2D eigenvalue weighted by Gasteiger charge is 2.56. The van der Waals surface area contributed by atoms with Crippen molar-refractivity contribution in [3.8, 4) is 0 Å². The molecule has 0 radical (unpaired) electrons. The van der Waals surface area contributed by atoms with Gasteiger partial charge in [-0.15, -0.1) is 0 Å². The summed E-state index contributed by atoms with van der Waals surface area (Å²) in [5.41, 5.74) is -3.07. The fourth-order valence-electron chi connectivity index (χ4n) is 1.77. The summed E-state index contributed by atoms with van der Waals surface area (Å²) in [4.78, 5) is 57.0. The van der Waals surface area contributed by atoms with Crippen molar-refractivity contribution in [2.24, 2.45) is 0 Å². The molecular formula is C13H18O9. The van der Waals surface area contributed by atoms with Gasteiger partial charge in [0, 0.05) is 20.8 Å². The van der Waals surface area contributed by atoms with Gasteiger partial charge in [-0.3, -0.25) is 24.0 Å². The molecule has 0 unspecified atom stereocenters. The highest BCUT2D eigenvalue weighted by molar-refractivity contribution is 6.44. The van der Waals surface area contributed by atoms with E-state index in [9.17, 15) is 34.2 Å². The Morgan fingerprint density at radius 1 is 0.955 bits per heavy atom. The Morgan fingerprint density at radius 2 is 1.41 bits per heavy atom. The summed E-state index contributed by atoms with van der Waals surface area (Å²) in [7, 11) is 0. The zero-order valence-corrected chi connectivity index (χ0v) is 12.6.